The highest BCUT2D eigenvalue weighted by Gasteiger charge is 2.49. The Balaban J connectivity index is 1.43. The van der Waals surface area contributed by atoms with Crippen molar-refractivity contribution < 1.29 is 19.8 Å². The van der Waals surface area contributed by atoms with Crippen LogP contribution >= 0.6 is 23.1 Å². The third kappa shape index (κ3) is 4.76. The Hall–Kier alpha value is -4.48. The lowest BCUT2D eigenvalue weighted by atomic mass is 9.96. The van der Waals surface area contributed by atoms with Crippen LogP contribution in [0.3, 0.4) is 0 Å². The van der Waals surface area contributed by atoms with E-state index in [0.29, 0.717) is 27.0 Å². The highest BCUT2D eigenvalue weighted by atomic mass is 32.2. The summed E-state index contributed by atoms with van der Waals surface area (Å²) in [7, 11) is 0. The second-order valence-electron chi connectivity index (χ2n) is 9.82. The molecule has 2 N–H and O–H groups in total. The van der Waals surface area contributed by atoms with Crippen LogP contribution in [0, 0.1) is 20.8 Å². The number of hydrogen-bond donors (Lipinski definition) is 2. The molecule has 1 amide bonds. The fourth-order valence-corrected chi connectivity index (χ4v) is 6.73. The zero-order valence-corrected chi connectivity index (χ0v) is 24.0. The fourth-order valence-electron chi connectivity index (χ4n) is 4.90. The number of phenols is 1. The number of imidazole rings is 1. The number of phenolic OH excluding ortho intramolecular Hbond substituents is 1. The van der Waals surface area contributed by atoms with Crippen LogP contribution in [0.25, 0.3) is 11.4 Å². The third-order valence-electron chi connectivity index (χ3n) is 7.02. The second kappa shape index (κ2) is 10.5. The first kappa shape index (κ1) is 26.7. The van der Waals surface area contributed by atoms with Crippen LogP contribution in [-0.2, 0) is 15.3 Å². The van der Waals surface area contributed by atoms with Crippen LogP contribution < -0.4 is 4.90 Å². The topological polar surface area (TPSA) is 121 Å². The molecule has 0 aliphatic carbocycles. The lowest BCUT2D eigenvalue weighted by Gasteiger charge is -2.22. The molecule has 11 heteroatoms. The summed E-state index contributed by atoms with van der Waals surface area (Å²) in [6.07, 6.45) is 1.82. The van der Waals surface area contributed by atoms with Crippen molar-refractivity contribution >= 4 is 51.3 Å². The summed E-state index contributed by atoms with van der Waals surface area (Å²) in [6.45, 7) is 5.72. The number of carbonyl (C=O) groups excluding carboxylic acids is 2. The number of anilines is 1. The molecule has 1 fully saturated rings. The quantitative estimate of drug-likeness (QED) is 0.0854. The summed E-state index contributed by atoms with van der Waals surface area (Å²) in [6, 6.07) is 17.2. The number of aliphatic hydroxyl groups excluding tert-OH is 1. The lowest BCUT2D eigenvalue weighted by Crippen LogP contribution is -2.29. The number of rotatable bonds is 6. The number of fused-ring (bicyclic) bond motifs is 1. The molecule has 0 radical (unpaired) electrons. The molecule has 9 nitrogen and oxygen atoms in total. The van der Waals surface area contributed by atoms with Crippen LogP contribution in [0.2, 0.25) is 0 Å². The van der Waals surface area contributed by atoms with Gasteiger partial charge in [0.2, 0.25) is 5.13 Å². The van der Waals surface area contributed by atoms with Crippen molar-refractivity contribution in [2.24, 2.45) is 0 Å². The predicted octanol–water partition coefficient (Wildman–Crippen LogP) is 5.74. The number of hydrogen-bond acceptors (Lipinski definition) is 9. The van der Waals surface area contributed by atoms with E-state index >= 15 is 0 Å². The number of aromatic hydroxyl groups is 1. The van der Waals surface area contributed by atoms with Gasteiger partial charge in [-0.1, -0.05) is 71.1 Å². The first-order valence-electron chi connectivity index (χ1n) is 12.8. The van der Waals surface area contributed by atoms with Gasteiger partial charge in [-0.15, -0.1) is 10.2 Å². The number of ketones is 1. The van der Waals surface area contributed by atoms with E-state index in [0.717, 1.165) is 11.1 Å². The van der Waals surface area contributed by atoms with Crippen molar-refractivity contribution in [1.82, 2.24) is 19.6 Å². The number of nitrogens with zero attached hydrogens (tertiary/aromatic N) is 5. The smallest absolute Gasteiger partial charge is 0.301 e. The average Bonchev–Trinajstić information content (AvgIpc) is 3.63. The summed E-state index contributed by atoms with van der Waals surface area (Å²) >= 11 is 2.66. The number of aliphatic hydroxyl groups is 1. The number of Topliss-reactive ketones (excluding diaryl/α,β-unsaturated/α-hetero) is 1. The van der Waals surface area contributed by atoms with Gasteiger partial charge in [-0.05, 0) is 55.7 Å². The van der Waals surface area contributed by atoms with Gasteiger partial charge in [-0.25, -0.2) is 4.98 Å². The minimum absolute atomic E-state index is 0.0424. The van der Waals surface area contributed by atoms with E-state index in [1.165, 1.54) is 45.7 Å². The van der Waals surface area contributed by atoms with E-state index in [4.69, 9.17) is 0 Å². The van der Waals surface area contributed by atoms with E-state index < -0.39 is 23.5 Å². The highest BCUT2D eigenvalue weighted by molar-refractivity contribution is 8.00. The van der Waals surface area contributed by atoms with Gasteiger partial charge < -0.3 is 14.6 Å². The largest absolute Gasteiger partial charge is 0.508 e. The van der Waals surface area contributed by atoms with E-state index in [1.54, 1.807) is 19.1 Å². The van der Waals surface area contributed by atoms with Gasteiger partial charge in [-0.2, -0.15) is 0 Å². The predicted molar refractivity (Wildman–Crippen MR) is 158 cm³/mol. The summed E-state index contributed by atoms with van der Waals surface area (Å²) in [4.78, 5) is 32.9. The molecule has 0 saturated carbocycles. The van der Waals surface area contributed by atoms with E-state index in [1.807, 2.05) is 60.8 Å². The van der Waals surface area contributed by atoms with Gasteiger partial charge in [0.05, 0.1) is 17.3 Å². The van der Waals surface area contributed by atoms with Gasteiger partial charge in [0.1, 0.15) is 17.1 Å². The number of pyridine rings is 1. The van der Waals surface area contributed by atoms with E-state index in [-0.39, 0.29) is 22.1 Å². The minimum atomic E-state index is -1.05. The van der Waals surface area contributed by atoms with Gasteiger partial charge in [0.15, 0.2) is 10.1 Å². The van der Waals surface area contributed by atoms with Gasteiger partial charge in [0, 0.05) is 11.9 Å². The Morgan fingerprint density at radius 3 is 2.54 bits per heavy atom. The molecular weight excluding hydrogens is 558 g/mol. The van der Waals surface area contributed by atoms with E-state index in [9.17, 15) is 19.8 Å². The number of aromatic nitrogens is 4. The molecule has 5 aromatic rings. The summed E-state index contributed by atoms with van der Waals surface area (Å²) in [5, 5.41) is 30.6. The molecule has 1 atom stereocenters. The Kier molecular flexibility index (Phi) is 6.84. The molecule has 1 aliphatic heterocycles. The van der Waals surface area contributed by atoms with Crippen molar-refractivity contribution in [2.45, 2.75) is 36.9 Å². The fraction of sp³-hybridized carbons (Fsp3) is 0.167. The van der Waals surface area contributed by atoms with Crippen LogP contribution in [-0.4, -0.2) is 41.5 Å². The zero-order chi connectivity index (χ0) is 28.8. The zero-order valence-electron chi connectivity index (χ0n) is 22.4. The molecule has 1 aliphatic rings. The van der Waals surface area contributed by atoms with Gasteiger partial charge in [-0.3, -0.25) is 14.5 Å². The van der Waals surface area contributed by atoms with Crippen molar-refractivity contribution in [2.75, 3.05) is 4.90 Å². The molecule has 4 heterocycles. The lowest BCUT2D eigenvalue weighted by molar-refractivity contribution is -0.132. The molecule has 0 bridgehead atoms. The highest BCUT2D eigenvalue weighted by Crippen LogP contribution is 2.44. The summed E-state index contributed by atoms with van der Waals surface area (Å²) in [5.41, 5.74) is 4.95. The average molecular weight is 584 g/mol. The number of carbonyl (C=O) groups is 2. The monoisotopic (exact) mass is 583 g/mol. The standard InChI is InChI=1S/C30H25N5O4S2/c1-16-9-11-19(12-10-16)15-40-30-33-32-29(41-30)35-24(20-7-4-8-21(36)14-20)22(26(38)28(35)39)25(37)23-18(3)34-13-5-6-17(2)27(34)31-23/h4-14,24,36-37H,15H2,1-3H3. The Morgan fingerprint density at radius 1 is 1.02 bits per heavy atom. The van der Waals surface area contributed by atoms with Crippen LogP contribution in [0.5, 0.6) is 5.75 Å². The Labute approximate surface area is 243 Å². The van der Waals surface area contributed by atoms with Crippen molar-refractivity contribution in [3.05, 3.63) is 106 Å². The molecular formula is C30H25N5O4S2. The summed E-state index contributed by atoms with van der Waals surface area (Å²) in [5.74, 6) is -1.48. The van der Waals surface area contributed by atoms with Crippen LogP contribution in [0.15, 0.2) is 76.8 Å². The van der Waals surface area contributed by atoms with Crippen LogP contribution in [0.1, 0.15) is 39.7 Å². The van der Waals surface area contributed by atoms with Gasteiger partial charge >= 0.3 is 5.91 Å². The van der Waals surface area contributed by atoms with E-state index in [2.05, 4.69) is 15.2 Å². The maximum Gasteiger partial charge on any atom is 0.301 e. The molecule has 1 saturated heterocycles. The maximum atomic E-state index is 13.6. The number of thioether (sulfide) groups is 1. The van der Waals surface area contributed by atoms with Crippen molar-refractivity contribution in [3.8, 4) is 5.75 Å². The minimum Gasteiger partial charge on any atom is -0.508 e. The molecule has 2 aromatic carbocycles. The van der Waals surface area contributed by atoms with Crippen molar-refractivity contribution in [3.63, 3.8) is 0 Å². The molecule has 41 heavy (non-hydrogen) atoms. The number of amides is 1. The third-order valence-corrected chi connectivity index (χ3v) is 9.15. The number of benzene rings is 2. The molecule has 0 spiro atoms. The van der Waals surface area contributed by atoms with Gasteiger partial charge in [0.25, 0.3) is 5.78 Å². The first-order chi connectivity index (χ1) is 19.7. The Bertz CT molecular complexity index is 1860. The molecule has 3 aromatic heterocycles. The molecule has 206 valence electrons. The SMILES string of the molecule is Cc1ccc(CSc2nnc(N3C(=O)C(=O)C(=C(O)c4nc5c(C)cccn5c4C)C3c3cccc(O)c3)s2)cc1. The number of aryl methyl sites for hydroxylation is 3. The second-order valence-corrected chi connectivity index (χ2v) is 12.0. The Morgan fingerprint density at radius 2 is 1.80 bits per heavy atom. The van der Waals surface area contributed by atoms with Crippen LogP contribution in [0.4, 0.5) is 5.13 Å². The maximum absolute atomic E-state index is 13.6. The van der Waals surface area contributed by atoms with Crippen molar-refractivity contribution in [1.29, 1.82) is 0 Å². The molecule has 1 unspecified atom stereocenters. The first-order valence-corrected chi connectivity index (χ1v) is 14.6. The molecule has 6 rings (SSSR count). The summed E-state index contributed by atoms with van der Waals surface area (Å²) < 4.78 is 2.45. The normalized spacial score (nSPS) is 16.7.